The van der Waals surface area contributed by atoms with E-state index in [0.29, 0.717) is 11.8 Å². The summed E-state index contributed by atoms with van der Waals surface area (Å²) in [6.45, 7) is 6.69. The normalized spacial score (nSPS) is 14.3. The molecular formula is C21H27ClN6O2. The molecule has 1 aliphatic rings. The Balaban J connectivity index is 0.00000256. The van der Waals surface area contributed by atoms with Crippen molar-refractivity contribution in [2.75, 3.05) is 39.4 Å². The molecule has 0 atom stereocenters. The summed E-state index contributed by atoms with van der Waals surface area (Å²) in [5.41, 5.74) is 2.01. The number of aromatic nitrogens is 4. The predicted octanol–water partition coefficient (Wildman–Crippen LogP) is 2.69. The zero-order valence-corrected chi connectivity index (χ0v) is 17.6. The molecule has 1 saturated heterocycles. The number of hydrogen-bond acceptors (Lipinski definition) is 7. The zero-order chi connectivity index (χ0) is 19.7. The van der Waals surface area contributed by atoms with Crippen LogP contribution < -0.4 is 10.1 Å². The molecule has 1 fully saturated rings. The fraction of sp³-hybridized carbons (Fsp3) is 0.381. The quantitative estimate of drug-likeness (QED) is 0.523. The van der Waals surface area contributed by atoms with E-state index in [2.05, 4.69) is 31.8 Å². The van der Waals surface area contributed by atoms with Crippen molar-refractivity contribution in [3.63, 3.8) is 0 Å². The number of para-hydroxylation sites is 1. The van der Waals surface area contributed by atoms with Crippen molar-refractivity contribution in [1.29, 1.82) is 0 Å². The van der Waals surface area contributed by atoms with Crippen LogP contribution in [0.3, 0.4) is 0 Å². The van der Waals surface area contributed by atoms with Gasteiger partial charge in [0.05, 0.1) is 18.9 Å². The Morgan fingerprint density at radius 1 is 1.03 bits per heavy atom. The van der Waals surface area contributed by atoms with E-state index >= 15 is 0 Å². The molecule has 2 heterocycles. The first-order valence-corrected chi connectivity index (χ1v) is 10.00. The van der Waals surface area contributed by atoms with Crippen LogP contribution in [0, 0.1) is 0 Å². The fourth-order valence-corrected chi connectivity index (χ4v) is 3.28. The second-order valence-electron chi connectivity index (χ2n) is 6.94. The van der Waals surface area contributed by atoms with Gasteiger partial charge in [-0.05, 0) is 59.8 Å². The Kier molecular flexibility index (Phi) is 8.58. The number of nitrogens with zero attached hydrogens (tertiary/aromatic N) is 5. The molecule has 1 aliphatic heterocycles. The van der Waals surface area contributed by atoms with E-state index in [4.69, 9.17) is 9.47 Å². The number of tetrazole rings is 1. The van der Waals surface area contributed by atoms with Crippen molar-refractivity contribution in [1.82, 2.24) is 30.4 Å². The van der Waals surface area contributed by atoms with E-state index in [-0.39, 0.29) is 12.4 Å². The summed E-state index contributed by atoms with van der Waals surface area (Å²) < 4.78 is 12.9. The van der Waals surface area contributed by atoms with Gasteiger partial charge in [-0.25, -0.2) is 0 Å². The van der Waals surface area contributed by atoms with Crippen LogP contribution in [0.15, 0.2) is 54.6 Å². The monoisotopic (exact) mass is 430 g/mol. The second-order valence-corrected chi connectivity index (χ2v) is 6.94. The molecule has 0 aliphatic carbocycles. The highest BCUT2D eigenvalue weighted by atomic mass is 35.5. The summed E-state index contributed by atoms with van der Waals surface area (Å²) in [7, 11) is 0. The van der Waals surface area contributed by atoms with Gasteiger partial charge in [0.2, 0.25) is 0 Å². The molecule has 1 N–H and O–H groups in total. The van der Waals surface area contributed by atoms with Gasteiger partial charge in [-0.1, -0.05) is 35.4 Å². The summed E-state index contributed by atoms with van der Waals surface area (Å²) in [4.78, 5) is 2.45. The number of benzene rings is 2. The van der Waals surface area contributed by atoms with Crippen molar-refractivity contribution < 1.29 is 9.47 Å². The molecule has 9 heteroatoms. The number of morpholine rings is 1. The van der Waals surface area contributed by atoms with Crippen molar-refractivity contribution in [2.45, 2.75) is 13.0 Å². The highest BCUT2D eigenvalue weighted by Crippen LogP contribution is 2.22. The maximum atomic E-state index is 5.93. The lowest BCUT2D eigenvalue weighted by atomic mass is 10.2. The first-order chi connectivity index (χ1) is 14.4. The number of rotatable bonds is 9. The average Bonchev–Trinajstić information content (AvgIpc) is 3.23. The molecule has 0 radical (unpaired) electrons. The Morgan fingerprint density at radius 2 is 1.87 bits per heavy atom. The molecule has 160 valence electrons. The zero-order valence-electron chi connectivity index (χ0n) is 16.8. The number of halogens is 1. The summed E-state index contributed by atoms with van der Waals surface area (Å²) in [5, 5.41) is 15.3. The summed E-state index contributed by atoms with van der Waals surface area (Å²) in [5.74, 6) is 0.713. The fourth-order valence-electron chi connectivity index (χ4n) is 3.28. The lowest BCUT2D eigenvalue weighted by Gasteiger charge is -2.26. The van der Waals surface area contributed by atoms with Crippen LogP contribution in [0.4, 0.5) is 0 Å². The van der Waals surface area contributed by atoms with Crippen molar-refractivity contribution >= 4 is 12.4 Å². The van der Waals surface area contributed by atoms with E-state index in [1.165, 1.54) is 0 Å². The average molecular weight is 431 g/mol. The van der Waals surface area contributed by atoms with Gasteiger partial charge < -0.3 is 14.8 Å². The summed E-state index contributed by atoms with van der Waals surface area (Å²) in [6, 6.07) is 18.0. The van der Waals surface area contributed by atoms with Crippen LogP contribution in [0.25, 0.3) is 5.69 Å². The van der Waals surface area contributed by atoms with Crippen molar-refractivity contribution in [3.8, 4) is 17.4 Å². The van der Waals surface area contributed by atoms with Gasteiger partial charge >= 0.3 is 6.01 Å². The molecule has 0 unspecified atom stereocenters. The minimum atomic E-state index is 0. The SMILES string of the molecule is Cl.c1ccc(-n2nnnc2Oc2cccc(CNCCCN3CCOCC3)c2)cc1. The van der Waals surface area contributed by atoms with Crippen LogP contribution in [-0.2, 0) is 11.3 Å². The molecule has 1 aromatic heterocycles. The molecule has 0 amide bonds. The van der Waals surface area contributed by atoms with E-state index < -0.39 is 0 Å². The minimum absolute atomic E-state index is 0. The van der Waals surface area contributed by atoms with Gasteiger partial charge in [0.15, 0.2) is 0 Å². The first-order valence-electron chi connectivity index (χ1n) is 10.00. The van der Waals surface area contributed by atoms with Gasteiger partial charge in [-0.3, -0.25) is 4.90 Å². The van der Waals surface area contributed by atoms with E-state index in [0.717, 1.165) is 63.6 Å². The van der Waals surface area contributed by atoms with Gasteiger partial charge in [0.1, 0.15) is 5.75 Å². The molecule has 0 spiro atoms. The first kappa shape index (κ1) is 22.2. The van der Waals surface area contributed by atoms with E-state index in [9.17, 15) is 0 Å². The Hall–Kier alpha value is -2.52. The van der Waals surface area contributed by atoms with E-state index in [1.807, 2.05) is 48.5 Å². The topological polar surface area (TPSA) is 77.3 Å². The number of ether oxygens (including phenoxy) is 2. The maximum Gasteiger partial charge on any atom is 0.345 e. The predicted molar refractivity (Wildman–Crippen MR) is 117 cm³/mol. The highest BCUT2D eigenvalue weighted by molar-refractivity contribution is 5.85. The molecule has 30 heavy (non-hydrogen) atoms. The molecular weight excluding hydrogens is 404 g/mol. The Morgan fingerprint density at radius 3 is 2.70 bits per heavy atom. The third-order valence-corrected chi connectivity index (χ3v) is 4.81. The van der Waals surface area contributed by atoms with Crippen molar-refractivity contribution in [2.24, 2.45) is 0 Å². The molecule has 2 aromatic carbocycles. The molecule has 4 rings (SSSR count). The number of nitrogens with one attached hydrogen (secondary N) is 1. The summed E-state index contributed by atoms with van der Waals surface area (Å²) >= 11 is 0. The number of hydrogen-bond donors (Lipinski definition) is 1. The minimum Gasteiger partial charge on any atom is -0.423 e. The van der Waals surface area contributed by atoms with Gasteiger partial charge in [0, 0.05) is 19.6 Å². The second kappa shape index (κ2) is 11.6. The van der Waals surface area contributed by atoms with Gasteiger partial charge in [-0.15, -0.1) is 12.4 Å². The van der Waals surface area contributed by atoms with E-state index in [1.54, 1.807) is 4.68 Å². The van der Waals surface area contributed by atoms with Crippen LogP contribution in [0.1, 0.15) is 12.0 Å². The smallest absolute Gasteiger partial charge is 0.345 e. The lowest BCUT2D eigenvalue weighted by Crippen LogP contribution is -2.37. The Bertz CT molecular complexity index is 886. The molecule has 8 nitrogen and oxygen atoms in total. The van der Waals surface area contributed by atoms with Crippen LogP contribution in [0.5, 0.6) is 11.8 Å². The van der Waals surface area contributed by atoms with Gasteiger partial charge in [-0.2, -0.15) is 4.68 Å². The maximum absolute atomic E-state index is 5.93. The third kappa shape index (κ3) is 6.24. The van der Waals surface area contributed by atoms with Crippen LogP contribution >= 0.6 is 12.4 Å². The molecule has 0 bridgehead atoms. The van der Waals surface area contributed by atoms with Crippen molar-refractivity contribution in [3.05, 3.63) is 60.2 Å². The standard InChI is InChI=1S/C21H26N6O2.ClH/c1-2-7-19(8-3-1)27-21(23-24-25-27)29-20-9-4-6-18(16-20)17-22-10-5-11-26-12-14-28-15-13-26;/h1-4,6-9,16,22H,5,10-15,17H2;1H. The third-order valence-electron chi connectivity index (χ3n) is 4.81. The Labute approximate surface area is 182 Å². The molecule has 3 aromatic rings. The lowest BCUT2D eigenvalue weighted by molar-refractivity contribution is 0.0374. The summed E-state index contributed by atoms with van der Waals surface area (Å²) in [6.07, 6.45) is 1.13. The largest absolute Gasteiger partial charge is 0.423 e. The van der Waals surface area contributed by atoms with Gasteiger partial charge in [0.25, 0.3) is 0 Å². The van der Waals surface area contributed by atoms with Crippen LogP contribution in [-0.4, -0.2) is 64.5 Å². The van der Waals surface area contributed by atoms with Crippen LogP contribution in [0.2, 0.25) is 0 Å². The molecule has 0 saturated carbocycles. The highest BCUT2D eigenvalue weighted by Gasteiger charge is 2.11.